The van der Waals surface area contributed by atoms with Crippen molar-refractivity contribution in [2.75, 3.05) is 14.2 Å². The molecule has 0 aliphatic heterocycles. The highest BCUT2D eigenvalue weighted by Crippen LogP contribution is 2.28. The first-order chi connectivity index (χ1) is 10.6. The van der Waals surface area contributed by atoms with Gasteiger partial charge in [0, 0.05) is 0 Å². The lowest BCUT2D eigenvalue weighted by atomic mass is 10.0. The van der Waals surface area contributed by atoms with Crippen LogP contribution in [0.4, 0.5) is 0 Å². The van der Waals surface area contributed by atoms with Gasteiger partial charge in [-0.2, -0.15) is 0 Å². The Morgan fingerprint density at radius 2 is 1.14 bits per heavy atom. The molecule has 2 rings (SSSR count). The van der Waals surface area contributed by atoms with E-state index in [1.807, 2.05) is 12.1 Å². The standard InChI is InChI=1S/C18H22O4/c1-21-17-9-7-13(11-15(17)19)5-3-4-6-14-8-10-18(22-2)16(20)12-14/h7-12,19-20H,3-6H2,1-2H3. The van der Waals surface area contributed by atoms with E-state index < -0.39 is 0 Å². The Morgan fingerprint density at radius 3 is 1.45 bits per heavy atom. The topological polar surface area (TPSA) is 58.9 Å². The molecule has 4 heteroatoms. The quantitative estimate of drug-likeness (QED) is 0.766. The number of rotatable bonds is 7. The fraction of sp³-hybridized carbons (Fsp3) is 0.333. The van der Waals surface area contributed by atoms with Gasteiger partial charge in [0.05, 0.1) is 14.2 Å². The van der Waals surface area contributed by atoms with Crippen LogP contribution >= 0.6 is 0 Å². The minimum atomic E-state index is 0.181. The molecule has 2 aromatic rings. The van der Waals surface area contributed by atoms with Crippen molar-refractivity contribution in [2.24, 2.45) is 0 Å². The summed E-state index contributed by atoms with van der Waals surface area (Å²) >= 11 is 0. The monoisotopic (exact) mass is 302 g/mol. The minimum absolute atomic E-state index is 0.181. The van der Waals surface area contributed by atoms with Crippen LogP contribution in [0.15, 0.2) is 36.4 Å². The van der Waals surface area contributed by atoms with E-state index in [1.165, 1.54) is 0 Å². The van der Waals surface area contributed by atoms with E-state index in [2.05, 4.69) is 0 Å². The molecule has 0 saturated carbocycles. The maximum absolute atomic E-state index is 9.74. The van der Waals surface area contributed by atoms with Crippen LogP contribution in [0, 0.1) is 0 Å². The molecule has 0 aliphatic carbocycles. The highest BCUT2D eigenvalue weighted by Gasteiger charge is 2.04. The van der Waals surface area contributed by atoms with Crippen LogP contribution in [0.25, 0.3) is 0 Å². The van der Waals surface area contributed by atoms with Crippen LogP contribution in [0.1, 0.15) is 24.0 Å². The molecule has 0 aliphatic rings. The van der Waals surface area contributed by atoms with Crippen molar-refractivity contribution in [3.8, 4) is 23.0 Å². The van der Waals surface area contributed by atoms with Crippen molar-refractivity contribution in [2.45, 2.75) is 25.7 Å². The normalized spacial score (nSPS) is 10.5. The van der Waals surface area contributed by atoms with E-state index in [4.69, 9.17) is 9.47 Å². The summed E-state index contributed by atoms with van der Waals surface area (Å²) in [4.78, 5) is 0. The number of ether oxygens (including phenoxy) is 2. The van der Waals surface area contributed by atoms with E-state index in [1.54, 1.807) is 38.5 Å². The van der Waals surface area contributed by atoms with Gasteiger partial charge in [-0.05, 0) is 61.1 Å². The zero-order valence-corrected chi connectivity index (χ0v) is 13.0. The third-order valence-corrected chi connectivity index (χ3v) is 3.67. The average Bonchev–Trinajstić information content (AvgIpc) is 2.52. The average molecular weight is 302 g/mol. The first kappa shape index (κ1) is 16.0. The molecule has 0 bridgehead atoms. The SMILES string of the molecule is COc1ccc(CCCCc2ccc(OC)c(O)c2)cc1O. The van der Waals surface area contributed by atoms with Gasteiger partial charge < -0.3 is 19.7 Å². The molecule has 0 spiro atoms. The first-order valence-electron chi connectivity index (χ1n) is 7.36. The van der Waals surface area contributed by atoms with Gasteiger partial charge in [0.15, 0.2) is 23.0 Å². The van der Waals surface area contributed by atoms with Gasteiger partial charge in [-0.25, -0.2) is 0 Å². The molecule has 0 aromatic heterocycles. The van der Waals surface area contributed by atoms with E-state index in [9.17, 15) is 10.2 Å². The van der Waals surface area contributed by atoms with Crippen molar-refractivity contribution < 1.29 is 19.7 Å². The molecule has 2 N–H and O–H groups in total. The molecule has 0 amide bonds. The molecule has 0 atom stereocenters. The summed E-state index contributed by atoms with van der Waals surface area (Å²) in [5.74, 6) is 1.36. The van der Waals surface area contributed by atoms with E-state index in [0.717, 1.165) is 36.8 Å². The maximum Gasteiger partial charge on any atom is 0.160 e. The second kappa shape index (κ2) is 7.59. The summed E-state index contributed by atoms with van der Waals surface area (Å²) in [6, 6.07) is 11.0. The second-order valence-corrected chi connectivity index (χ2v) is 5.22. The lowest BCUT2D eigenvalue weighted by molar-refractivity contribution is 0.373. The Morgan fingerprint density at radius 1 is 0.727 bits per heavy atom. The third kappa shape index (κ3) is 4.07. The molecule has 0 heterocycles. The van der Waals surface area contributed by atoms with Crippen molar-refractivity contribution >= 4 is 0 Å². The summed E-state index contributed by atoms with van der Waals surface area (Å²) in [6.07, 6.45) is 3.83. The van der Waals surface area contributed by atoms with Gasteiger partial charge >= 0.3 is 0 Å². The summed E-state index contributed by atoms with van der Waals surface area (Å²) in [7, 11) is 3.08. The molecule has 4 nitrogen and oxygen atoms in total. The lowest BCUT2D eigenvalue weighted by Crippen LogP contribution is -1.91. The first-order valence-corrected chi connectivity index (χ1v) is 7.36. The number of phenolic OH excluding ortho intramolecular Hbond substituents is 2. The predicted molar refractivity (Wildman–Crippen MR) is 86.0 cm³/mol. The maximum atomic E-state index is 9.74. The van der Waals surface area contributed by atoms with Gasteiger partial charge in [0.2, 0.25) is 0 Å². The van der Waals surface area contributed by atoms with Gasteiger partial charge in [-0.1, -0.05) is 12.1 Å². The van der Waals surface area contributed by atoms with Gasteiger partial charge in [-0.3, -0.25) is 0 Å². The Bertz CT molecular complexity index is 567. The molecular formula is C18H22O4. The zero-order valence-electron chi connectivity index (χ0n) is 13.0. The number of aryl methyl sites for hydroxylation is 2. The molecule has 0 radical (unpaired) electrons. The Kier molecular flexibility index (Phi) is 5.53. The number of unbranched alkanes of at least 4 members (excludes halogenated alkanes) is 1. The summed E-state index contributed by atoms with van der Waals surface area (Å²) in [5, 5.41) is 19.5. The minimum Gasteiger partial charge on any atom is -0.504 e. The fourth-order valence-electron chi connectivity index (χ4n) is 2.44. The van der Waals surface area contributed by atoms with Crippen LogP contribution < -0.4 is 9.47 Å². The molecule has 2 aromatic carbocycles. The van der Waals surface area contributed by atoms with Crippen molar-refractivity contribution in [3.05, 3.63) is 47.5 Å². The second-order valence-electron chi connectivity index (χ2n) is 5.22. The van der Waals surface area contributed by atoms with Crippen LogP contribution in [0.3, 0.4) is 0 Å². The predicted octanol–water partition coefficient (Wildman–Crippen LogP) is 3.68. The van der Waals surface area contributed by atoms with Gasteiger partial charge in [0.1, 0.15) is 0 Å². The Labute approximate surface area is 130 Å². The van der Waals surface area contributed by atoms with E-state index in [-0.39, 0.29) is 11.5 Å². The Balaban J connectivity index is 1.82. The molecule has 118 valence electrons. The summed E-state index contributed by atoms with van der Waals surface area (Å²) < 4.78 is 10.1. The highest BCUT2D eigenvalue weighted by molar-refractivity contribution is 5.42. The zero-order chi connectivity index (χ0) is 15.9. The number of benzene rings is 2. The molecular weight excluding hydrogens is 280 g/mol. The number of hydrogen-bond donors (Lipinski definition) is 2. The summed E-state index contributed by atoms with van der Waals surface area (Å²) in [5.41, 5.74) is 2.19. The largest absolute Gasteiger partial charge is 0.504 e. The number of aromatic hydroxyl groups is 2. The van der Waals surface area contributed by atoms with Crippen LogP contribution in [-0.4, -0.2) is 24.4 Å². The smallest absolute Gasteiger partial charge is 0.160 e. The van der Waals surface area contributed by atoms with Gasteiger partial charge in [-0.15, -0.1) is 0 Å². The summed E-state index contributed by atoms with van der Waals surface area (Å²) in [6.45, 7) is 0. The molecule has 0 fully saturated rings. The van der Waals surface area contributed by atoms with Crippen LogP contribution in [0.5, 0.6) is 23.0 Å². The molecule has 0 saturated heterocycles. The molecule has 0 unspecified atom stereocenters. The van der Waals surface area contributed by atoms with E-state index in [0.29, 0.717) is 11.5 Å². The number of phenols is 2. The molecule has 22 heavy (non-hydrogen) atoms. The van der Waals surface area contributed by atoms with Crippen LogP contribution in [0.2, 0.25) is 0 Å². The Hall–Kier alpha value is -2.36. The fourth-order valence-corrected chi connectivity index (χ4v) is 2.44. The highest BCUT2D eigenvalue weighted by atomic mass is 16.5. The third-order valence-electron chi connectivity index (χ3n) is 3.67. The van der Waals surface area contributed by atoms with Crippen molar-refractivity contribution in [1.29, 1.82) is 0 Å². The van der Waals surface area contributed by atoms with E-state index >= 15 is 0 Å². The van der Waals surface area contributed by atoms with Gasteiger partial charge in [0.25, 0.3) is 0 Å². The van der Waals surface area contributed by atoms with Crippen molar-refractivity contribution in [1.82, 2.24) is 0 Å². The number of methoxy groups -OCH3 is 2. The van der Waals surface area contributed by atoms with Crippen molar-refractivity contribution in [3.63, 3.8) is 0 Å². The van der Waals surface area contributed by atoms with Crippen LogP contribution in [-0.2, 0) is 12.8 Å². The number of hydrogen-bond acceptors (Lipinski definition) is 4. The lowest BCUT2D eigenvalue weighted by Gasteiger charge is -2.07.